The number of nitrogens with one attached hydrogen (secondary N) is 1. The highest BCUT2D eigenvalue weighted by Gasteiger charge is 2.10. The molecule has 0 saturated carbocycles. The zero-order chi connectivity index (χ0) is 14.7. The number of nitrogens with zero attached hydrogens (tertiary/aromatic N) is 2. The first-order chi connectivity index (χ1) is 9.49. The lowest BCUT2D eigenvalue weighted by Gasteiger charge is -2.10. The number of nitrogens with two attached hydrogens (primary N) is 1. The van der Waals surface area contributed by atoms with E-state index in [2.05, 4.69) is 29.2 Å². The van der Waals surface area contributed by atoms with Gasteiger partial charge in [0.2, 0.25) is 0 Å². The topological polar surface area (TPSA) is 63.8 Å². The molecule has 106 valence electrons. The fourth-order valence-corrected chi connectivity index (χ4v) is 2.28. The van der Waals surface area contributed by atoms with E-state index in [1.54, 1.807) is 12.1 Å². The van der Waals surface area contributed by atoms with E-state index in [9.17, 15) is 0 Å². The second-order valence-corrected chi connectivity index (χ2v) is 5.65. The van der Waals surface area contributed by atoms with Crippen LogP contribution in [0.4, 0.5) is 5.82 Å². The third-order valence-electron chi connectivity index (χ3n) is 2.90. The Morgan fingerprint density at radius 2 is 1.95 bits per heavy atom. The zero-order valence-electron chi connectivity index (χ0n) is 11.3. The van der Waals surface area contributed by atoms with Crippen LogP contribution in [0.3, 0.4) is 0 Å². The number of aromatic nitrogens is 2. The summed E-state index contributed by atoms with van der Waals surface area (Å²) in [4.78, 5) is 8.90. The summed E-state index contributed by atoms with van der Waals surface area (Å²) in [6.07, 6.45) is 0.533. The van der Waals surface area contributed by atoms with Crippen molar-refractivity contribution in [1.29, 1.82) is 0 Å². The third-order valence-corrected chi connectivity index (χ3v) is 3.48. The van der Waals surface area contributed by atoms with Gasteiger partial charge in [-0.25, -0.2) is 15.8 Å². The van der Waals surface area contributed by atoms with Crippen molar-refractivity contribution >= 4 is 29.0 Å². The van der Waals surface area contributed by atoms with Crippen molar-refractivity contribution in [2.45, 2.75) is 26.2 Å². The average Bonchev–Trinajstić information content (AvgIpc) is 2.41. The molecule has 0 fully saturated rings. The van der Waals surface area contributed by atoms with Crippen LogP contribution in [0.15, 0.2) is 24.3 Å². The smallest absolute Gasteiger partial charge is 0.143 e. The van der Waals surface area contributed by atoms with Gasteiger partial charge < -0.3 is 5.43 Å². The number of rotatable bonds is 4. The van der Waals surface area contributed by atoms with Gasteiger partial charge in [-0.2, -0.15) is 0 Å². The Bertz CT molecular complexity index is 614. The molecule has 0 atom stereocenters. The van der Waals surface area contributed by atoms with Crippen LogP contribution in [0.25, 0.3) is 0 Å². The molecule has 20 heavy (non-hydrogen) atoms. The molecule has 1 aromatic carbocycles. The fourth-order valence-electron chi connectivity index (χ4n) is 1.80. The van der Waals surface area contributed by atoms with Gasteiger partial charge in [0.1, 0.15) is 11.6 Å². The van der Waals surface area contributed by atoms with Crippen LogP contribution in [-0.2, 0) is 6.42 Å². The SMILES string of the molecule is CC(C)c1cc(NN)nc(Cc2ccc(Cl)cc2Cl)n1. The summed E-state index contributed by atoms with van der Waals surface area (Å²) >= 11 is 12.1. The normalized spacial score (nSPS) is 10.9. The van der Waals surface area contributed by atoms with Crippen LogP contribution in [-0.4, -0.2) is 9.97 Å². The van der Waals surface area contributed by atoms with E-state index in [1.807, 2.05) is 12.1 Å². The molecule has 0 amide bonds. The van der Waals surface area contributed by atoms with E-state index in [-0.39, 0.29) is 0 Å². The Morgan fingerprint density at radius 3 is 2.55 bits per heavy atom. The second kappa shape index (κ2) is 6.39. The number of hydrogen-bond acceptors (Lipinski definition) is 4. The molecule has 3 N–H and O–H groups in total. The van der Waals surface area contributed by atoms with Crippen molar-refractivity contribution in [2.75, 3.05) is 5.43 Å². The van der Waals surface area contributed by atoms with Crippen molar-refractivity contribution in [2.24, 2.45) is 5.84 Å². The minimum Gasteiger partial charge on any atom is -0.308 e. The van der Waals surface area contributed by atoms with E-state index in [1.165, 1.54) is 0 Å². The van der Waals surface area contributed by atoms with Crippen LogP contribution in [0.5, 0.6) is 0 Å². The Kier molecular flexibility index (Phi) is 4.81. The Morgan fingerprint density at radius 1 is 1.20 bits per heavy atom. The number of nitrogen functional groups attached to an aromatic ring is 1. The zero-order valence-corrected chi connectivity index (χ0v) is 12.8. The first kappa shape index (κ1) is 15.0. The molecule has 1 aromatic heterocycles. The molecule has 0 aliphatic heterocycles. The first-order valence-corrected chi connectivity index (χ1v) is 7.03. The van der Waals surface area contributed by atoms with Gasteiger partial charge in [-0.15, -0.1) is 0 Å². The maximum absolute atomic E-state index is 6.18. The van der Waals surface area contributed by atoms with E-state index < -0.39 is 0 Å². The monoisotopic (exact) mass is 310 g/mol. The Hall–Kier alpha value is -1.36. The van der Waals surface area contributed by atoms with Crippen LogP contribution >= 0.6 is 23.2 Å². The fraction of sp³-hybridized carbons (Fsp3) is 0.286. The maximum atomic E-state index is 6.18. The number of hydrazine groups is 1. The molecule has 2 aromatic rings. The summed E-state index contributed by atoms with van der Waals surface area (Å²) in [6.45, 7) is 4.14. The largest absolute Gasteiger partial charge is 0.308 e. The summed E-state index contributed by atoms with van der Waals surface area (Å²) < 4.78 is 0. The van der Waals surface area contributed by atoms with Gasteiger partial charge in [0, 0.05) is 28.2 Å². The van der Waals surface area contributed by atoms with E-state index in [0.717, 1.165) is 11.3 Å². The molecular formula is C14H16Cl2N4. The van der Waals surface area contributed by atoms with Gasteiger partial charge in [0.05, 0.1) is 0 Å². The predicted octanol–water partition coefficient (Wildman–Crippen LogP) is 3.78. The second-order valence-electron chi connectivity index (χ2n) is 4.81. The third kappa shape index (κ3) is 3.60. The summed E-state index contributed by atoms with van der Waals surface area (Å²) in [7, 11) is 0. The van der Waals surface area contributed by atoms with Crippen LogP contribution < -0.4 is 11.3 Å². The number of hydrogen-bond donors (Lipinski definition) is 2. The summed E-state index contributed by atoms with van der Waals surface area (Å²) in [5.41, 5.74) is 4.44. The molecule has 0 bridgehead atoms. The van der Waals surface area contributed by atoms with Gasteiger partial charge in [-0.1, -0.05) is 43.1 Å². The Labute approximate surface area is 128 Å². The van der Waals surface area contributed by atoms with Gasteiger partial charge >= 0.3 is 0 Å². The lowest BCUT2D eigenvalue weighted by Crippen LogP contribution is -2.12. The molecule has 1 heterocycles. The van der Waals surface area contributed by atoms with Crippen molar-refractivity contribution in [3.05, 3.63) is 51.4 Å². The highest BCUT2D eigenvalue weighted by Crippen LogP contribution is 2.23. The maximum Gasteiger partial charge on any atom is 0.143 e. The molecule has 0 radical (unpaired) electrons. The quantitative estimate of drug-likeness (QED) is 0.666. The van der Waals surface area contributed by atoms with Crippen LogP contribution in [0.1, 0.15) is 36.8 Å². The molecule has 0 aliphatic carbocycles. The summed E-state index contributed by atoms with van der Waals surface area (Å²) in [5.74, 6) is 7.02. The van der Waals surface area contributed by atoms with E-state index in [0.29, 0.717) is 34.0 Å². The van der Waals surface area contributed by atoms with Gasteiger partial charge in [-0.05, 0) is 23.6 Å². The number of benzene rings is 1. The number of anilines is 1. The highest BCUT2D eigenvalue weighted by atomic mass is 35.5. The van der Waals surface area contributed by atoms with Crippen LogP contribution in [0.2, 0.25) is 10.0 Å². The van der Waals surface area contributed by atoms with Crippen molar-refractivity contribution in [3.8, 4) is 0 Å². The van der Waals surface area contributed by atoms with Crippen molar-refractivity contribution in [3.63, 3.8) is 0 Å². The summed E-state index contributed by atoms with van der Waals surface area (Å²) in [5, 5.41) is 1.22. The molecule has 0 spiro atoms. The van der Waals surface area contributed by atoms with Gasteiger partial charge in [-0.3, -0.25) is 0 Å². The van der Waals surface area contributed by atoms with E-state index in [4.69, 9.17) is 29.0 Å². The first-order valence-electron chi connectivity index (χ1n) is 6.28. The molecule has 4 nitrogen and oxygen atoms in total. The molecule has 0 unspecified atom stereocenters. The predicted molar refractivity (Wildman–Crippen MR) is 83.2 cm³/mol. The number of halogens is 2. The van der Waals surface area contributed by atoms with E-state index >= 15 is 0 Å². The highest BCUT2D eigenvalue weighted by molar-refractivity contribution is 6.35. The van der Waals surface area contributed by atoms with Gasteiger partial charge in [0.25, 0.3) is 0 Å². The van der Waals surface area contributed by atoms with Gasteiger partial charge in [0.15, 0.2) is 0 Å². The lowest BCUT2D eigenvalue weighted by atomic mass is 10.1. The summed E-state index contributed by atoms with van der Waals surface area (Å²) in [6, 6.07) is 7.24. The minimum absolute atomic E-state index is 0.296. The molecule has 2 rings (SSSR count). The minimum atomic E-state index is 0.296. The average molecular weight is 311 g/mol. The van der Waals surface area contributed by atoms with Crippen molar-refractivity contribution in [1.82, 2.24) is 9.97 Å². The molecular weight excluding hydrogens is 295 g/mol. The Balaban J connectivity index is 2.34. The standard InChI is InChI=1S/C14H16Cl2N4/c1-8(2)12-7-14(20-17)19-13(18-12)5-9-3-4-10(15)6-11(9)16/h3-4,6-8H,5,17H2,1-2H3,(H,18,19,20). The van der Waals surface area contributed by atoms with Crippen molar-refractivity contribution < 1.29 is 0 Å². The lowest BCUT2D eigenvalue weighted by molar-refractivity contribution is 0.792. The molecule has 0 saturated heterocycles. The molecule has 6 heteroatoms. The van der Waals surface area contributed by atoms with Crippen LogP contribution in [0, 0.1) is 0 Å². The molecule has 0 aliphatic rings.